The van der Waals surface area contributed by atoms with E-state index in [1.54, 1.807) is 30.3 Å². The fourth-order valence-electron chi connectivity index (χ4n) is 2.91. The van der Waals surface area contributed by atoms with Gasteiger partial charge in [-0.15, -0.1) is 0 Å². The quantitative estimate of drug-likeness (QED) is 0.739. The molecule has 0 aliphatic carbocycles. The van der Waals surface area contributed by atoms with Crippen LogP contribution in [0.25, 0.3) is 0 Å². The molecule has 156 valence electrons. The van der Waals surface area contributed by atoms with Gasteiger partial charge in [-0.05, 0) is 42.3 Å². The second-order valence-corrected chi connectivity index (χ2v) is 8.82. The number of amides is 1. The summed E-state index contributed by atoms with van der Waals surface area (Å²) in [6.45, 7) is 0.972. The van der Waals surface area contributed by atoms with Gasteiger partial charge in [0.15, 0.2) is 11.5 Å². The van der Waals surface area contributed by atoms with Gasteiger partial charge < -0.3 is 19.5 Å². The van der Waals surface area contributed by atoms with E-state index < -0.39 is 10.0 Å². The number of methoxy groups -OCH3 is 1. The van der Waals surface area contributed by atoms with Crippen molar-refractivity contribution in [2.75, 3.05) is 39.7 Å². The number of fused-ring (bicyclic) bond motifs is 1. The fourth-order valence-corrected chi connectivity index (χ4v) is 3.87. The summed E-state index contributed by atoms with van der Waals surface area (Å²) in [4.78, 5) is 12.6. The van der Waals surface area contributed by atoms with Crippen molar-refractivity contribution in [3.63, 3.8) is 0 Å². The molecule has 0 unspecified atom stereocenters. The van der Waals surface area contributed by atoms with Crippen LogP contribution in [-0.4, -0.2) is 53.0 Å². The number of aryl methyl sites for hydroxylation is 1. The van der Waals surface area contributed by atoms with Crippen LogP contribution in [0, 0.1) is 0 Å². The summed E-state index contributed by atoms with van der Waals surface area (Å²) in [6, 6.07) is 9.86. The lowest BCUT2D eigenvalue weighted by atomic mass is 10.1. The molecule has 0 bridgehead atoms. The van der Waals surface area contributed by atoms with Crippen molar-refractivity contribution in [3.05, 3.63) is 42.0 Å². The summed E-state index contributed by atoms with van der Waals surface area (Å²) < 4.78 is 42.2. The predicted octanol–water partition coefficient (Wildman–Crippen LogP) is 2.29. The highest BCUT2D eigenvalue weighted by atomic mass is 32.2. The van der Waals surface area contributed by atoms with Crippen LogP contribution in [0.5, 0.6) is 17.2 Å². The van der Waals surface area contributed by atoms with E-state index >= 15 is 0 Å². The second-order valence-electron chi connectivity index (χ2n) is 6.67. The third-order valence-electron chi connectivity index (χ3n) is 4.48. The number of anilines is 1. The first kappa shape index (κ1) is 20.9. The number of hydrogen-bond donors (Lipinski definition) is 1. The molecule has 29 heavy (non-hydrogen) atoms. The Hall–Kier alpha value is -2.78. The molecule has 9 heteroatoms. The van der Waals surface area contributed by atoms with Gasteiger partial charge in [-0.25, -0.2) is 12.7 Å². The van der Waals surface area contributed by atoms with Gasteiger partial charge in [0.1, 0.15) is 19.0 Å². The largest absolute Gasteiger partial charge is 0.496 e. The van der Waals surface area contributed by atoms with Crippen LogP contribution < -0.4 is 19.5 Å². The Kier molecular flexibility index (Phi) is 6.29. The van der Waals surface area contributed by atoms with Crippen LogP contribution in [-0.2, 0) is 21.2 Å². The molecule has 1 amide bonds. The van der Waals surface area contributed by atoms with Crippen molar-refractivity contribution in [2.24, 2.45) is 0 Å². The van der Waals surface area contributed by atoms with Gasteiger partial charge >= 0.3 is 0 Å². The zero-order valence-corrected chi connectivity index (χ0v) is 17.4. The van der Waals surface area contributed by atoms with Crippen molar-refractivity contribution in [3.8, 4) is 17.2 Å². The molecule has 0 saturated carbocycles. The molecule has 1 aliphatic heterocycles. The summed E-state index contributed by atoms with van der Waals surface area (Å²) in [5.74, 6) is 1.58. The van der Waals surface area contributed by atoms with Gasteiger partial charge in [-0.2, -0.15) is 0 Å². The number of hydrogen-bond acceptors (Lipinski definition) is 6. The lowest BCUT2D eigenvalue weighted by molar-refractivity contribution is -0.116. The third kappa shape index (κ3) is 4.80. The topological polar surface area (TPSA) is 94.2 Å². The minimum atomic E-state index is -3.57. The highest BCUT2D eigenvalue weighted by molar-refractivity contribution is 7.89. The Morgan fingerprint density at radius 1 is 1.10 bits per heavy atom. The lowest BCUT2D eigenvalue weighted by Crippen LogP contribution is -2.22. The van der Waals surface area contributed by atoms with E-state index in [1.165, 1.54) is 27.3 Å². The molecule has 8 nitrogen and oxygen atoms in total. The zero-order valence-electron chi connectivity index (χ0n) is 16.6. The Labute approximate surface area is 170 Å². The standard InChI is InChI=1S/C20H24N2O6S/c1-22(2)29(24,25)16-6-8-17(26-3)14(12-16)4-9-20(23)21-15-5-7-18-19(13-15)28-11-10-27-18/h5-8,12-13H,4,9-11H2,1-3H3,(H,21,23). The van der Waals surface area contributed by atoms with E-state index in [0.29, 0.717) is 48.1 Å². The second kappa shape index (κ2) is 8.71. The van der Waals surface area contributed by atoms with Gasteiger partial charge in [0, 0.05) is 32.3 Å². The van der Waals surface area contributed by atoms with E-state index in [4.69, 9.17) is 14.2 Å². The highest BCUT2D eigenvalue weighted by Crippen LogP contribution is 2.32. The molecule has 1 heterocycles. The molecule has 1 N–H and O–H groups in total. The van der Waals surface area contributed by atoms with Crippen LogP contribution >= 0.6 is 0 Å². The Morgan fingerprint density at radius 2 is 1.83 bits per heavy atom. The van der Waals surface area contributed by atoms with Gasteiger partial charge in [-0.3, -0.25) is 4.79 Å². The number of ether oxygens (including phenoxy) is 3. The molecule has 2 aromatic carbocycles. The fraction of sp³-hybridized carbons (Fsp3) is 0.350. The molecule has 0 fully saturated rings. The minimum absolute atomic E-state index is 0.158. The normalized spacial score (nSPS) is 13.2. The molecular formula is C20H24N2O6S. The van der Waals surface area contributed by atoms with Gasteiger partial charge in [-0.1, -0.05) is 0 Å². The molecule has 0 atom stereocenters. The molecule has 3 rings (SSSR count). The van der Waals surface area contributed by atoms with Crippen molar-refractivity contribution in [1.29, 1.82) is 0 Å². The van der Waals surface area contributed by atoms with E-state index in [0.717, 1.165) is 4.31 Å². The number of rotatable bonds is 7. The minimum Gasteiger partial charge on any atom is -0.496 e. The molecule has 2 aromatic rings. The summed E-state index contributed by atoms with van der Waals surface area (Å²) in [7, 11) is 0.884. The van der Waals surface area contributed by atoms with E-state index in [9.17, 15) is 13.2 Å². The Bertz CT molecular complexity index is 1000. The molecule has 1 aliphatic rings. The van der Waals surface area contributed by atoms with Crippen LogP contribution in [0.4, 0.5) is 5.69 Å². The summed E-state index contributed by atoms with van der Waals surface area (Å²) >= 11 is 0. The van der Waals surface area contributed by atoms with Crippen molar-refractivity contribution < 1.29 is 27.4 Å². The number of nitrogens with one attached hydrogen (secondary N) is 1. The van der Waals surface area contributed by atoms with Crippen molar-refractivity contribution in [1.82, 2.24) is 4.31 Å². The maximum absolute atomic E-state index is 12.4. The number of benzene rings is 2. The first-order valence-corrected chi connectivity index (χ1v) is 10.5. The lowest BCUT2D eigenvalue weighted by Gasteiger charge is -2.19. The Balaban J connectivity index is 1.69. The van der Waals surface area contributed by atoms with Crippen molar-refractivity contribution in [2.45, 2.75) is 17.7 Å². The molecule has 0 radical (unpaired) electrons. The monoisotopic (exact) mass is 420 g/mol. The average Bonchev–Trinajstić information content (AvgIpc) is 2.71. The van der Waals surface area contributed by atoms with Crippen LogP contribution in [0.15, 0.2) is 41.3 Å². The Morgan fingerprint density at radius 3 is 2.52 bits per heavy atom. The van der Waals surface area contributed by atoms with Crippen LogP contribution in [0.3, 0.4) is 0 Å². The smallest absolute Gasteiger partial charge is 0.242 e. The summed E-state index contributed by atoms with van der Waals surface area (Å²) in [6.07, 6.45) is 0.493. The van der Waals surface area contributed by atoms with E-state index in [1.807, 2.05) is 0 Å². The van der Waals surface area contributed by atoms with Crippen LogP contribution in [0.2, 0.25) is 0 Å². The molecule has 0 spiro atoms. The zero-order chi connectivity index (χ0) is 21.0. The number of nitrogens with zero attached hydrogens (tertiary/aromatic N) is 1. The number of carbonyl (C=O) groups is 1. The maximum Gasteiger partial charge on any atom is 0.242 e. The third-order valence-corrected chi connectivity index (χ3v) is 6.29. The first-order valence-electron chi connectivity index (χ1n) is 9.10. The SMILES string of the molecule is COc1ccc(S(=O)(=O)N(C)C)cc1CCC(=O)Nc1ccc2c(c1)OCCO2. The summed E-state index contributed by atoms with van der Waals surface area (Å²) in [5, 5.41) is 2.82. The maximum atomic E-state index is 12.4. The van der Waals surface area contributed by atoms with E-state index in [-0.39, 0.29) is 17.2 Å². The predicted molar refractivity (Wildman–Crippen MR) is 108 cm³/mol. The summed E-state index contributed by atoms with van der Waals surface area (Å²) in [5.41, 5.74) is 1.25. The van der Waals surface area contributed by atoms with Gasteiger partial charge in [0.05, 0.1) is 12.0 Å². The molecule has 0 saturated heterocycles. The molecule has 0 aromatic heterocycles. The number of carbonyl (C=O) groups excluding carboxylic acids is 1. The highest BCUT2D eigenvalue weighted by Gasteiger charge is 2.19. The molecular weight excluding hydrogens is 396 g/mol. The average molecular weight is 420 g/mol. The first-order chi connectivity index (χ1) is 13.8. The van der Waals surface area contributed by atoms with E-state index in [2.05, 4.69) is 5.32 Å². The van der Waals surface area contributed by atoms with Gasteiger partial charge in [0.25, 0.3) is 0 Å². The number of sulfonamides is 1. The van der Waals surface area contributed by atoms with Gasteiger partial charge in [0.2, 0.25) is 15.9 Å². The van der Waals surface area contributed by atoms with Crippen LogP contribution in [0.1, 0.15) is 12.0 Å². The van der Waals surface area contributed by atoms with Crippen molar-refractivity contribution >= 4 is 21.6 Å².